The molecule has 5 nitrogen and oxygen atoms in total. The molecule has 0 rings (SSSR count). The van der Waals surface area contributed by atoms with Crippen molar-refractivity contribution in [1.82, 2.24) is 0 Å². The molecule has 0 unspecified atom stereocenters. The van der Waals surface area contributed by atoms with Crippen LogP contribution in [0.25, 0.3) is 10.4 Å². The molecule has 1 N–H and O–H groups in total. The molecule has 0 amide bonds. The average molecular weight is 231 g/mol. The van der Waals surface area contributed by atoms with E-state index in [1.54, 1.807) is 0 Å². The van der Waals surface area contributed by atoms with E-state index in [4.69, 9.17) is 15.1 Å². The van der Waals surface area contributed by atoms with Crippen molar-refractivity contribution in [3.05, 3.63) is 10.4 Å². The molecule has 0 aliphatic rings. The molecule has 0 aromatic heterocycles. The standard InChI is InChI=1S/C9H21N3O2Si/c1-4-15(5-2,6-3)14-9(8-13)7-11-12-10/h9,13H,4-8H2,1-3H3/t9-/m1/s1. The minimum Gasteiger partial charge on any atom is -0.411 e. The maximum Gasteiger partial charge on any atom is 0.192 e. The zero-order valence-corrected chi connectivity index (χ0v) is 10.8. The van der Waals surface area contributed by atoms with E-state index in [-0.39, 0.29) is 19.3 Å². The van der Waals surface area contributed by atoms with Gasteiger partial charge in [-0.3, -0.25) is 0 Å². The van der Waals surface area contributed by atoms with Crippen LogP contribution in [0.4, 0.5) is 0 Å². The van der Waals surface area contributed by atoms with Gasteiger partial charge in [0.2, 0.25) is 0 Å². The second kappa shape index (κ2) is 7.70. The Balaban J connectivity index is 4.39. The first-order valence-corrected chi connectivity index (χ1v) is 8.00. The van der Waals surface area contributed by atoms with Crippen molar-refractivity contribution in [3.8, 4) is 0 Å². The van der Waals surface area contributed by atoms with Gasteiger partial charge in [0.05, 0.1) is 19.3 Å². The molecule has 0 saturated carbocycles. The summed E-state index contributed by atoms with van der Waals surface area (Å²) in [5.74, 6) is 0. The van der Waals surface area contributed by atoms with E-state index in [1.165, 1.54) is 0 Å². The highest BCUT2D eigenvalue weighted by molar-refractivity contribution is 6.73. The van der Waals surface area contributed by atoms with Crippen LogP contribution in [0.15, 0.2) is 5.11 Å². The van der Waals surface area contributed by atoms with Crippen LogP contribution in [-0.2, 0) is 4.43 Å². The first kappa shape index (κ1) is 14.4. The fourth-order valence-corrected chi connectivity index (χ4v) is 4.47. The zero-order valence-electron chi connectivity index (χ0n) is 9.81. The molecule has 0 radical (unpaired) electrons. The Hall–Kier alpha value is -0.553. The second-order valence-electron chi connectivity index (χ2n) is 3.58. The van der Waals surface area contributed by atoms with Crippen LogP contribution in [0.2, 0.25) is 18.1 Å². The lowest BCUT2D eigenvalue weighted by Crippen LogP contribution is -2.42. The lowest BCUT2D eigenvalue weighted by molar-refractivity contribution is 0.112. The van der Waals surface area contributed by atoms with Gasteiger partial charge in [-0.05, 0) is 23.7 Å². The summed E-state index contributed by atoms with van der Waals surface area (Å²) in [6.45, 7) is 6.53. The maximum atomic E-state index is 9.12. The first-order valence-electron chi connectivity index (χ1n) is 5.47. The van der Waals surface area contributed by atoms with E-state index in [0.29, 0.717) is 0 Å². The number of aliphatic hydroxyl groups excluding tert-OH is 1. The summed E-state index contributed by atoms with van der Waals surface area (Å²) in [4.78, 5) is 2.68. The molecular formula is C9H21N3O2Si. The van der Waals surface area contributed by atoms with Crippen LogP contribution in [0.5, 0.6) is 0 Å². The summed E-state index contributed by atoms with van der Waals surface area (Å²) in [5.41, 5.74) is 8.21. The van der Waals surface area contributed by atoms with Gasteiger partial charge in [-0.2, -0.15) is 0 Å². The van der Waals surface area contributed by atoms with E-state index in [1.807, 2.05) is 0 Å². The van der Waals surface area contributed by atoms with Crippen molar-refractivity contribution in [3.63, 3.8) is 0 Å². The molecule has 0 bridgehead atoms. The van der Waals surface area contributed by atoms with Gasteiger partial charge in [-0.15, -0.1) is 0 Å². The van der Waals surface area contributed by atoms with E-state index in [9.17, 15) is 0 Å². The average Bonchev–Trinajstić information content (AvgIpc) is 2.30. The number of hydrogen-bond donors (Lipinski definition) is 1. The highest BCUT2D eigenvalue weighted by atomic mass is 28.4. The highest BCUT2D eigenvalue weighted by Gasteiger charge is 2.31. The second-order valence-corrected chi connectivity index (χ2v) is 8.30. The van der Waals surface area contributed by atoms with Crippen molar-refractivity contribution in [1.29, 1.82) is 0 Å². The largest absolute Gasteiger partial charge is 0.411 e. The Morgan fingerprint density at radius 1 is 1.33 bits per heavy atom. The SMILES string of the molecule is CC[Si](CC)(CC)O[C@@H](CO)CN=[N+]=[N-]. The van der Waals surface area contributed by atoms with E-state index < -0.39 is 8.32 Å². The fraction of sp³-hybridized carbons (Fsp3) is 1.00. The summed E-state index contributed by atoms with van der Waals surface area (Å²) in [6, 6.07) is 3.10. The maximum absolute atomic E-state index is 9.12. The van der Waals surface area contributed by atoms with Crippen molar-refractivity contribution in [2.75, 3.05) is 13.2 Å². The van der Waals surface area contributed by atoms with Gasteiger partial charge in [-0.1, -0.05) is 25.9 Å². The Kier molecular flexibility index (Phi) is 7.42. The minimum absolute atomic E-state index is 0.0756. The number of aliphatic hydroxyl groups is 1. The topological polar surface area (TPSA) is 78.2 Å². The van der Waals surface area contributed by atoms with Crippen molar-refractivity contribution < 1.29 is 9.53 Å². The molecule has 88 valence electrons. The van der Waals surface area contributed by atoms with E-state index >= 15 is 0 Å². The molecule has 6 heteroatoms. The van der Waals surface area contributed by atoms with Gasteiger partial charge in [0.25, 0.3) is 0 Å². The summed E-state index contributed by atoms with van der Waals surface area (Å²) in [7, 11) is -1.69. The van der Waals surface area contributed by atoms with Crippen LogP contribution in [0, 0.1) is 0 Å². The molecule has 0 heterocycles. The van der Waals surface area contributed by atoms with Gasteiger partial charge < -0.3 is 9.53 Å². The number of hydrogen-bond acceptors (Lipinski definition) is 3. The Morgan fingerprint density at radius 2 is 1.87 bits per heavy atom. The monoisotopic (exact) mass is 231 g/mol. The highest BCUT2D eigenvalue weighted by Crippen LogP contribution is 2.23. The molecule has 0 aromatic carbocycles. The quantitative estimate of drug-likeness (QED) is 0.302. The van der Waals surface area contributed by atoms with Crippen LogP contribution in [0.1, 0.15) is 20.8 Å². The molecule has 1 atom stereocenters. The van der Waals surface area contributed by atoms with Gasteiger partial charge in [0, 0.05) is 4.91 Å². The predicted octanol–water partition coefficient (Wildman–Crippen LogP) is 2.68. The molecule has 0 fully saturated rings. The van der Waals surface area contributed by atoms with E-state index in [0.717, 1.165) is 18.1 Å². The zero-order chi connectivity index (χ0) is 11.7. The molecule has 0 aliphatic heterocycles. The lowest BCUT2D eigenvalue weighted by Gasteiger charge is -2.31. The Bertz CT molecular complexity index is 207. The minimum atomic E-state index is -1.69. The van der Waals surface area contributed by atoms with Gasteiger partial charge in [-0.25, -0.2) is 0 Å². The van der Waals surface area contributed by atoms with Crippen LogP contribution < -0.4 is 0 Å². The summed E-state index contributed by atoms with van der Waals surface area (Å²) >= 11 is 0. The van der Waals surface area contributed by atoms with Gasteiger partial charge in [0.15, 0.2) is 8.32 Å². The van der Waals surface area contributed by atoms with Crippen molar-refractivity contribution >= 4 is 8.32 Å². The normalized spacial score (nSPS) is 13.3. The van der Waals surface area contributed by atoms with Crippen molar-refractivity contribution in [2.45, 2.75) is 45.0 Å². The van der Waals surface area contributed by atoms with Crippen LogP contribution in [0.3, 0.4) is 0 Å². The van der Waals surface area contributed by atoms with Crippen LogP contribution in [-0.4, -0.2) is 32.7 Å². The number of rotatable bonds is 8. The molecule has 0 aromatic rings. The molecule has 15 heavy (non-hydrogen) atoms. The molecular weight excluding hydrogens is 210 g/mol. The third-order valence-corrected chi connectivity index (χ3v) is 7.60. The fourth-order valence-electron chi connectivity index (χ4n) is 1.61. The van der Waals surface area contributed by atoms with Gasteiger partial charge >= 0.3 is 0 Å². The Labute approximate surface area is 92.2 Å². The Morgan fingerprint density at radius 3 is 2.20 bits per heavy atom. The number of nitrogens with zero attached hydrogens (tertiary/aromatic N) is 3. The molecule has 0 saturated heterocycles. The smallest absolute Gasteiger partial charge is 0.192 e. The van der Waals surface area contributed by atoms with Crippen LogP contribution >= 0.6 is 0 Å². The summed E-state index contributed by atoms with van der Waals surface area (Å²) < 4.78 is 5.96. The van der Waals surface area contributed by atoms with E-state index in [2.05, 4.69) is 30.8 Å². The summed E-state index contributed by atoms with van der Waals surface area (Å²) in [6.07, 6.45) is -0.326. The number of azide groups is 1. The first-order chi connectivity index (χ1) is 7.17. The third kappa shape index (κ3) is 4.66. The third-order valence-electron chi connectivity index (χ3n) is 2.90. The van der Waals surface area contributed by atoms with Crippen molar-refractivity contribution in [2.24, 2.45) is 5.11 Å². The lowest BCUT2D eigenvalue weighted by atomic mass is 10.4. The molecule has 0 spiro atoms. The van der Waals surface area contributed by atoms with Gasteiger partial charge in [0.1, 0.15) is 0 Å². The summed E-state index contributed by atoms with van der Waals surface area (Å²) in [5, 5.41) is 12.6. The predicted molar refractivity (Wildman–Crippen MR) is 63.2 cm³/mol. The molecule has 0 aliphatic carbocycles.